The smallest absolute Gasteiger partial charge is 0.183 e. The predicted molar refractivity (Wildman–Crippen MR) is 84.3 cm³/mol. The molecule has 3 heterocycles. The number of hydrogen-bond donors (Lipinski definition) is 1. The fourth-order valence-electron chi connectivity index (χ4n) is 3.05. The number of nitrogens with zero attached hydrogens (tertiary/aromatic N) is 3. The van der Waals surface area contributed by atoms with Crippen molar-refractivity contribution in [2.24, 2.45) is 0 Å². The minimum Gasteiger partial charge on any atom is -0.488 e. The Morgan fingerprint density at radius 3 is 2.71 bits per heavy atom. The Kier molecular flexibility index (Phi) is 4.02. The van der Waals surface area contributed by atoms with Crippen LogP contribution in [0, 0.1) is 0 Å². The second kappa shape index (κ2) is 5.79. The van der Waals surface area contributed by atoms with Crippen molar-refractivity contribution >= 4 is 5.82 Å². The average molecular weight is 290 g/mol. The first-order valence-electron chi connectivity index (χ1n) is 8.10. The number of rotatable bonds is 2. The van der Waals surface area contributed by atoms with E-state index >= 15 is 0 Å². The second-order valence-electron chi connectivity index (χ2n) is 6.62. The van der Waals surface area contributed by atoms with Crippen LogP contribution in [0.3, 0.4) is 0 Å². The van der Waals surface area contributed by atoms with Crippen LogP contribution in [0.5, 0.6) is 5.75 Å². The Hall–Kier alpha value is -1.36. The third kappa shape index (κ3) is 2.71. The van der Waals surface area contributed by atoms with E-state index in [2.05, 4.69) is 37.9 Å². The van der Waals surface area contributed by atoms with E-state index in [1.807, 2.05) is 0 Å². The highest BCUT2D eigenvalue weighted by molar-refractivity contribution is 5.57. The van der Waals surface area contributed by atoms with Crippen molar-refractivity contribution in [1.82, 2.24) is 15.3 Å². The van der Waals surface area contributed by atoms with Gasteiger partial charge in [-0.1, -0.05) is 27.7 Å². The number of nitrogens with one attached hydrogen (secondary N) is 1. The third-order valence-electron chi connectivity index (χ3n) is 4.27. The van der Waals surface area contributed by atoms with Crippen LogP contribution in [0.25, 0.3) is 0 Å². The molecule has 1 aromatic rings. The second-order valence-corrected chi connectivity index (χ2v) is 6.62. The fraction of sp³-hybridized carbons (Fsp3) is 0.750. The Morgan fingerprint density at radius 1 is 1.19 bits per heavy atom. The van der Waals surface area contributed by atoms with Gasteiger partial charge in [-0.15, -0.1) is 0 Å². The van der Waals surface area contributed by atoms with Crippen LogP contribution in [-0.4, -0.2) is 42.3 Å². The van der Waals surface area contributed by atoms with Crippen LogP contribution in [0.4, 0.5) is 5.82 Å². The minimum absolute atomic E-state index is 0.331. The fourth-order valence-corrected chi connectivity index (χ4v) is 3.05. The van der Waals surface area contributed by atoms with Crippen LogP contribution in [-0.2, 0) is 0 Å². The Bertz CT molecular complexity index is 515. The summed E-state index contributed by atoms with van der Waals surface area (Å²) in [5.41, 5.74) is 1.06. The van der Waals surface area contributed by atoms with Crippen molar-refractivity contribution in [1.29, 1.82) is 0 Å². The summed E-state index contributed by atoms with van der Waals surface area (Å²) in [6.07, 6.45) is 1.04. The molecule has 116 valence electrons. The van der Waals surface area contributed by atoms with Crippen molar-refractivity contribution in [3.63, 3.8) is 0 Å². The zero-order valence-electron chi connectivity index (χ0n) is 13.5. The highest BCUT2D eigenvalue weighted by Crippen LogP contribution is 2.38. The van der Waals surface area contributed by atoms with Crippen molar-refractivity contribution in [2.75, 3.05) is 31.1 Å². The normalized spacial score (nSPS) is 21.8. The summed E-state index contributed by atoms with van der Waals surface area (Å²) in [6, 6.07) is 0.481. The summed E-state index contributed by atoms with van der Waals surface area (Å²) in [5.74, 6) is 3.54. The minimum atomic E-state index is 0.331. The van der Waals surface area contributed by atoms with E-state index in [-0.39, 0.29) is 0 Å². The molecular weight excluding hydrogens is 264 g/mol. The lowest BCUT2D eigenvalue weighted by Gasteiger charge is -2.36. The first kappa shape index (κ1) is 14.6. The lowest BCUT2D eigenvalue weighted by Crippen LogP contribution is -2.51. The topological polar surface area (TPSA) is 50.3 Å². The van der Waals surface area contributed by atoms with E-state index in [1.54, 1.807) is 0 Å². The standard InChI is InChI=1S/C16H26N4O/c1-10(2)13-14-16(19-15(18-13)11(3)4)20-7-6-17-9-12(20)5-8-21-14/h10-12,17H,5-9H2,1-4H3. The molecular formula is C16H26N4O. The van der Waals surface area contributed by atoms with Crippen LogP contribution in [0.15, 0.2) is 0 Å². The summed E-state index contributed by atoms with van der Waals surface area (Å²) >= 11 is 0. The van der Waals surface area contributed by atoms with Gasteiger partial charge in [0.25, 0.3) is 0 Å². The average Bonchev–Trinajstić information content (AvgIpc) is 2.65. The molecule has 5 heteroatoms. The van der Waals surface area contributed by atoms with E-state index < -0.39 is 0 Å². The van der Waals surface area contributed by atoms with Crippen LogP contribution in [0.2, 0.25) is 0 Å². The number of ether oxygens (including phenoxy) is 1. The maximum atomic E-state index is 6.07. The highest BCUT2D eigenvalue weighted by Gasteiger charge is 2.32. The van der Waals surface area contributed by atoms with E-state index in [9.17, 15) is 0 Å². The predicted octanol–water partition coefficient (Wildman–Crippen LogP) is 2.28. The maximum absolute atomic E-state index is 6.07. The molecule has 3 rings (SSSR count). The van der Waals surface area contributed by atoms with Gasteiger partial charge in [0, 0.05) is 38.0 Å². The first-order chi connectivity index (χ1) is 10.1. The first-order valence-corrected chi connectivity index (χ1v) is 8.10. The summed E-state index contributed by atoms with van der Waals surface area (Å²) in [6.45, 7) is 12.4. The van der Waals surface area contributed by atoms with Crippen LogP contribution < -0.4 is 15.0 Å². The molecule has 1 saturated heterocycles. The van der Waals surface area contributed by atoms with Gasteiger partial charge in [-0.2, -0.15) is 0 Å². The van der Waals surface area contributed by atoms with Crippen LogP contribution >= 0.6 is 0 Å². The van der Waals surface area contributed by atoms with Gasteiger partial charge < -0.3 is 15.0 Å². The molecule has 21 heavy (non-hydrogen) atoms. The van der Waals surface area contributed by atoms with Gasteiger partial charge in [-0.25, -0.2) is 9.97 Å². The van der Waals surface area contributed by atoms with Gasteiger partial charge in [-0.3, -0.25) is 0 Å². The number of aromatic nitrogens is 2. The molecule has 0 aliphatic carbocycles. The van der Waals surface area contributed by atoms with Crippen LogP contribution in [0.1, 0.15) is 57.5 Å². The zero-order chi connectivity index (χ0) is 15.0. The van der Waals surface area contributed by atoms with Crippen molar-refractivity contribution in [3.05, 3.63) is 11.5 Å². The van der Waals surface area contributed by atoms with E-state index in [4.69, 9.17) is 14.7 Å². The maximum Gasteiger partial charge on any atom is 0.183 e. The van der Waals surface area contributed by atoms with E-state index in [1.165, 1.54) is 0 Å². The van der Waals surface area contributed by atoms with Crippen molar-refractivity contribution < 1.29 is 4.74 Å². The third-order valence-corrected chi connectivity index (χ3v) is 4.27. The van der Waals surface area contributed by atoms with Gasteiger partial charge in [0.05, 0.1) is 12.3 Å². The summed E-state index contributed by atoms with van der Waals surface area (Å²) in [7, 11) is 0. The summed E-state index contributed by atoms with van der Waals surface area (Å²) in [4.78, 5) is 12.1. The number of fused-ring (bicyclic) bond motifs is 3. The van der Waals surface area contributed by atoms with Gasteiger partial charge >= 0.3 is 0 Å². The van der Waals surface area contributed by atoms with Gasteiger partial charge in [-0.05, 0) is 5.92 Å². The molecule has 1 aromatic heterocycles. The largest absolute Gasteiger partial charge is 0.488 e. The Morgan fingerprint density at radius 2 is 2.00 bits per heavy atom. The SMILES string of the molecule is CC(C)c1nc(C(C)C)c2c(n1)N1CCNCC1CCO2. The Balaban J connectivity index is 2.12. The van der Waals surface area contributed by atoms with Gasteiger partial charge in [0.1, 0.15) is 5.82 Å². The van der Waals surface area contributed by atoms with Gasteiger partial charge in [0.15, 0.2) is 11.6 Å². The van der Waals surface area contributed by atoms with E-state index in [0.29, 0.717) is 17.9 Å². The molecule has 0 radical (unpaired) electrons. The molecule has 1 atom stereocenters. The molecule has 5 nitrogen and oxygen atoms in total. The van der Waals surface area contributed by atoms with E-state index in [0.717, 1.165) is 55.7 Å². The molecule has 0 amide bonds. The number of hydrogen-bond acceptors (Lipinski definition) is 5. The summed E-state index contributed by atoms with van der Waals surface area (Å²) < 4.78 is 6.07. The molecule has 2 aliphatic rings. The molecule has 1 N–H and O–H groups in total. The molecule has 0 spiro atoms. The number of anilines is 1. The quantitative estimate of drug-likeness (QED) is 0.905. The van der Waals surface area contributed by atoms with Crippen molar-refractivity contribution in [2.45, 2.75) is 52.0 Å². The lowest BCUT2D eigenvalue weighted by atomic mass is 10.1. The molecule has 1 unspecified atom stereocenters. The summed E-state index contributed by atoms with van der Waals surface area (Å²) in [5, 5.41) is 3.48. The molecule has 0 aromatic carbocycles. The lowest BCUT2D eigenvalue weighted by molar-refractivity contribution is 0.298. The Labute approximate surface area is 127 Å². The molecule has 1 fully saturated rings. The molecule has 0 bridgehead atoms. The molecule has 2 aliphatic heterocycles. The monoisotopic (exact) mass is 290 g/mol. The van der Waals surface area contributed by atoms with Gasteiger partial charge in [0.2, 0.25) is 0 Å². The molecule has 0 saturated carbocycles. The highest BCUT2D eigenvalue weighted by atomic mass is 16.5. The van der Waals surface area contributed by atoms with Crippen molar-refractivity contribution in [3.8, 4) is 5.75 Å². The number of piperazine rings is 1. The zero-order valence-corrected chi connectivity index (χ0v) is 13.5.